The zero-order chi connectivity index (χ0) is 15.4. The molecular formula is C17H16N2O2S. The van der Waals surface area contributed by atoms with Gasteiger partial charge in [0.25, 0.3) is 0 Å². The molecule has 1 aliphatic heterocycles. The van der Waals surface area contributed by atoms with E-state index >= 15 is 0 Å². The van der Waals surface area contributed by atoms with Crippen LogP contribution in [0.1, 0.15) is 17.2 Å². The van der Waals surface area contributed by atoms with E-state index in [0.29, 0.717) is 11.6 Å². The van der Waals surface area contributed by atoms with E-state index in [0.717, 1.165) is 17.0 Å². The maximum atomic E-state index is 11.9. The van der Waals surface area contributed by atoms with Crippen LogP contribution in [0.2, 0.25) is 0 Å². The van der Waals surface area contributed by atoms with E-state index in [1.165, 1.54) is 0 Å². The van der Waals surface area contributed by atoms with Crippen molar-refractivity contribution >= 4 is 28.5 Å². The number of aliphatic imine (C=N–C) groups is 1. The van der Waals surface area contributed by atoms with Gasteiger partial charge >= 0.3 is 0 Å². The molecule has 0 aromatic heterocycles. The number of benzene rings is 2. The summed E-state index contributed by atoms with van der Waals surface area (Å²) < 4.78 is 5.13. The van der Waals surface area contributed by atoms with Crippen molar-refractivity contribution in [2.75, 3.05) is 7.11 Å². The van der Waals surface area contributed by atoms with Crippen LogP contribution in [-0.2, 0) is 4.79 Å². The largest absolute Gasteiger partial charge is 0.497 e. The van der Waals surface area contributed by atoms with Crippen LogP contribution < -0.4 is 10.1 Å². The summed E-state index contributed by atoms with van der Waals surface area (Å²) in [5.74, 6) is 0.784. The Morgan fingerprint density at radius 1 is 1.14 bits per heavy atom. The van der Waals surface area contributed by atoms with Crippen molar-refractivity contribution in [3.8, 4) is 5.75 Å². The molecule has 1 heterocycles. The molecule has 2 aromatic carbocycles. The fraction of sp³-hybridized carbons (Fsp3) is 0.176. The van der Waals surface area contributed by atoms with Gasteiger partial charge in [-0.05, 0) is 29.8 Å². The van der Waals surface area contributed by atoms with Crippen LogP contribution in [0.25, 0.3) is 0 Å². The number of thioether (sulfide) groups is 1. The van der Waals surface area contributed by atoms with Crippen molar-refractivity contribution in [2.45, 2.75) is 11.7 Å². The maximum absolute atomic E-state index is 11.9. The molecule has 1 aliphatic rings. The zero-order valence-electron chi connectivity index (χ0n) is 12.2. The minimum absolute atomic E-state index is 0.000125. The highest BCUT2D eigenvalue weighted by Crippen LogP contribution is 2.36. The van der Waals surface area contributed by atoms with E-state index in [4.69, 9.17) is 4.74 Å². The predicted molar refractivity (Wildman–Crippen MR) is 89.6 cm³/mol. The first-order valence-corrected chi connectivity index (χ1v) is 7.87. The van der Waals surface area contributed by atoms with Gasteiger partial charge in [0.2, 0.25) is 5.91 Å². The fourth-order valence-corrected chi connectivity index (χ4v) is 3.35. The number of nitrogens with zero attached hydrogens (tertiary/aromatic N) is 1. The number of amides is 1. The molecule has 1 amide bonds. The lowest BCUT2D eigenvalue weighted by Crippen LogP contribution is -2.34. The smallest absolute Gasteiger partial charge is 0.227 e. The van der Waals surface area contributed by atoms with Crippen LogP contribution in [0.15, 0.2) is 59.6 Å². The number of amidine groups is 1. The lowest BCUT2D eigenvalue weighted by Gasteiger charge is -2.23. The molecule has 0 unspecified atom stereocenters. The molecular weight excluding hydrogens is 296 g/mol. The summed E-state index contributed by atoms with van der Waals surface area (Å²) in [7, 11) is 1.63. The first-order valence-electron chi connectivity index (χ1n) is 6.99. The van der Waals surface area contributed by atoms with Crippen LogP contribution in [-0.4, -0.2) is 18.2 Å². The average molecular weight is 312 g/mol. The molecule has 0 aliphatic carbocycles. The average Bonchev–Trinajstić information content (AvgIpc) is 2.56. The molecule has 1 saturated heterocycles. The summed E-state index contributed by atoms with van der Waals surface area (Å²) in [6.07, 6.45) is 0.469. The van der Waals surface area contributed by atoms with Gasteiger partial charge in [0.05, 0.1) is 12.8 Å². The van der Waals surface area contributed by atoms with Crippen LogP contribution in [0.3, 0.4) is 0 Å². The number of hydrogen-bond acceptors (Lipinski definition) is 4. The third-order valence-electron chi connectivity index (χ3n) is 3.35. The van der Waals surface area contributed by atoms with Crippen molar-refractivity contribution in [3.63, 3.8) is 0 Å². The Kier molecular flexibility index (Phi) is 4.44. The van der Waals surface area contributed by atoms with Crippen molar-refractivity contribution < 1.29 is 9.53 Å². The van der Waals surface area contributed by atoms with Gasteiger partial charge < -0.3 is 10.1 Å². The van der Waals surface area contributed by atoms with Gasteiger partial charge in [0.1, 0.15) is 5.75 Å². The van der Waals surface area contributed by atoms with Gasteiger partial charge in [-0.1, -0.05) is 42.1 Å². The molecule has 1 N–H and O–H groups in total. The van der Waals surface area contributed by atoms with E-state index in [1.54, 1.807) is 18.9 Å². The molecule has 1 fully saturated rings. The first-order chi connectivity index (χ1) is 10.7. The Labute approximate surface area is 133 Å². The van der Waals surface area contributed by atoms with Crippen molar-refractivity contribution in [1.29, 1.82) is 0 Å². The highest BCUT2D eigenvalue weighted by Gasteiger charge is 2.25. The van der Waals surface area contributed by atoms with Gasteiger partial charge in [-0.3, -0.25) is 4.79 Å². The van der Waals surface area contributed by atoms with Crippen LogP contribution in [0.5, 0.6) is 5.75 Å². The van der Waals surface area contributed by atoms with E-state index in [2.05, 4.69) is 10.3 Å². The normalized spacial score (nSPS) is 19.8. The van der Waals surface area contributed by atoms with Crippen molar-refractivity contribution in [2.24, 2.45) is 4.99 Å². The molecule has 112 valence electrons. The van der Waals surface area contributed by atoms with Crippen molar-refractivity contribution in [1.82, 2.24) is 5.32 Å². The molecule has 2 aromatic rings. The van der Waals surface area contributed by atoms with Crippen molar-refractivity contribution in [3.05, 3.63) is 60.2 Å². The Morgan fingerprint density at radius 3 is 2.55 bits per heavy atom. The summed E-state index contributed by atoms with van der Waals surface area (Å²) >= 11 is 1.58. The molecule has 4 nitrogen and oxygen atoms in total. The first kappa shape index (κ1) is 14.7. The van der Waals surface area contributed by atoms with Gasteiger partial charge in [-0.25, -0.2) is 4.99 Å². The Bertz CT molecular complexity index is 684. The van der Waals surface area contributed by atoms with Crippen LogP contribution in [0.4, 0.5) is 5.69 Å². The topological polar surface area (TPSA) is 50.7 Å². The molecule has 0 spiro atoms. The highest BCUT2D eigenvalue weighted by molar-refractivity contribution is 8.14. The summed E-state index contributed by atoms with van der Waals surface area (Å²) in [4.78, 5) is 16.4. The number of carbonyl (C=O) groups excluding carboxylic acids is 1. The highest BCUT2D eigenvalue weighted by atomic mass is 32.2. The minimum atomic E-state index is -0.000125. The second-order valence-corrected chi connectivity index (χ2v) is 6.08. The molecule has 5 heteroatoms. The molecule has 0 radical (unpaired) electrons. The van der Waals surface area contributed by atoms with E-state index in [1.807, 2.05) is 54.6 Å². The standard InChI is InChI=1S/C17H16N2O2S/c1-21-14-9-7-13(8-10-14)18-17-19-16(20)11-15(22-17)12-5-3-2-4-6-12/h2-10,15H,11H2,1H3,(H,18,19,20)/t15-/m0/s1. The molecule has 22 heavy (non-hydrogen) atoms. The van der Waals surface area contributed by atoms with Crippen LogP contribution >= 0.6 is 11.8 Å². The molecule has 0 saturated carbocycles. The summed E-state index contributed by atoms with van der Waals surface area (Å²) in [5.41, 5.74) is 1.93. The number of hydrogen-bond donors (Lipinski definition) is 1. The number of methoxy groups -OCH3 is 1. The summed E-state index contributed by atoms with van der Waals surface area (Å²) in [6, 6.07) is 17.5. The Balaban J connectivity index is 1.80. The SMILES string of the molecule is COc1ccc(N=C2NC(=O)C[C@@H](c3ccccc3)S2)cc1. The number of ether oxygens (including phenoxy) is 1. The van der Waals surface area contributed by atoms with E-state index in [-0.39, 0.29) is 11.2 Å². The molecule has 0 bridgehead atoms. The van der Waals surface area contributed by atoms with E-state index < -0.39 is 0 Å². The third-order valence-corrected chi connectivity index (χ3v) is 4.49. The number of nitrogens with one attached hydrogen (secondary N) is 1. The van der Waals surface area contributed by atoms with E-state index in [9.17, 15) is 4.79 Å². The van der Waals surface area contributed by atoms with Gasteiger partial charge in [0.15, 0.2) is 5.17 Å². The predicted octanol–water partition coefficient (Wildman–Crippen LogP) is 3.68. The lowest BCUT2D eigenvalue weighted by molar-refractivity contribution is -0.119. The van der Waals surface area contributed by atoms with Gasteiger partial charge in [0, 0.05) is 11.7 Å². The Morgan fingerprint density at radius 2 is 1.86 bits per heavy atom. The quantitative estimate of drug-likeness (QED) is 0.940. The zero-order valence-corrected chi connectivity index (χ0v) is 13.0. The second-order valence-electron chi connectivity index (χ2n) is 4.88. The minimum Gasteiger partial charge on any atom is -0.497 e. The van der Waals surface area contributed by atoms with Gasteiger partial charge in [-0.15, -0.1) is 0 Å². The molecule has 1 atom stereocenters. The van der Waals surface area contributed by atoms with Crippen LogP contribution in [0, 0.1) is 0 Å². The monoisotopic (exact) mass is 312 g/mol. The fourth-order valence-electron chi connectivity index (χ4n) is 2.23. The Hall–Kier alpha value is -2.27. The lowest BCUT2D eigenvalue weighted by atomic mass is 10.1. The third kappa shape index (κ3) is 3.49. The maximum Gasteiger partial charge on any atom is 0.227 e. The molecule has 3 rings (SSSR count). The van der Waals surface area contributed by atoms with Gasteiger partial charge in [-0.2, -0.15) is 0 Å². The summed E-state index contributed by atoms with van der Waals surface area (Å²) in [5, 5.41) is 3.57. The summed E-state index contributed by atoms with van der Waals surface area (Å²) in [6.45, 7) is 0. The number of rotatable bonds is 3. The second kappa shape index (κ2) is 6.66. The number of carbonyl (C=O) groups is 1.